The van der Waals surface area contributed by atoms with Crippen LogP contribution in [0.3, 0.4) is 0 Å². The summed E-state index contributed by atoms with van der Waals surface area (Å²) in [5, 5.41) is 20.4. The second-order valence-corrected chi connectivity index (χ2v) is 5.34. The maximum Gasteiger partial charge on any atom is 0.269 e. The Kier molecular flexibility index (Phi) is 3.54. The zero-order valence-electron chi connectivity index (χ0n) is 12.6. The van der Waals surface area contributed by atoms with Crippen molar-refractivity contribution >= 4 is 5.69 Å². The van der Waals surface area contributed by atoms with Crippen LogP contribution in [-0.4, -0.2) is 9.91 Å². The minimum atomic E-state index is -0.831. The molecule has 1 aromatic carbocycles. The van der Waals surface area contributed by atoms with E-state index >= 15 is 0 Å². The van der Waals surface area contributed by atoms with E-state index in [1.165, 1.54) is 18.2 Å². The van der Waals surface area contributed by atoms with Crippen molar-refractivity contribution in [1.82, 2.24) is 4.98 Å². The first-order valence-electron chi connectivity index (χ1n) is 6.98. The molecule has 8 heteroatoms. The van der Waals surface area contributed by atoms with Gasteiger partial charge in [0.25, 0.3) is 11.2 Å². The molecular formula is C16H12N4O4. The van der Waals surface area contributed by atoms with Crippen molar-refractivity contribution in [3.63, 3.8) is 0 Å². The number of nitro benzene ring substituents is 1. The molecule has 0 saturated carbocycles. The number of fused-ring (bicyclic) bond motifs is 1. The largest absolute Gasteiger partial charge is 0.440 e. The van der Waals surface area contributed by atoms with Crippen LogP contribution < -0.4 is 16.0 Å². The Morgan fingerprint density at radius 2 is 2.17 bits per heavy atom. The highest BCUT2D eigenvalue weighted by molar-refractivity contribution is 5.56. The maximum absolute atomic E-state index is 12.4. The van der Waals surface area contributed by atoms with Crippen LogP contribution in [0, 0.1) is 28.4 Å². The van der Waals surface area contributed by atoms with E-state index < -0.39 is 16.4 Å². The summed E-state index contributed by atoms with van der Waals surface area (Å²) in [6.45, 7) is 1.69. The minimum Gasteiger partial charge on any atom is -0.440 e. The standard InChI is InChI=1S/C16H12N4O4/c1-8-5-12-14(16(21)19-8)13(11(7-17)15(18)24-12)9-3-2-4-10(6-9)20(22)23/h2-6,13H,18H2,1H3,(H,19,21)/t13-/m0/s1. The summed E-state index contributed by atoms with van der Waals surface area (Å²) < 4.78 is 5.41. The Morgan fingerprint density at radius 1 is 1.42 bits per heavy atom. The zero-order chi connectivity index (χ0) is 17.4. The lowest BCUT2D eigenvalue weighted by molar-refractivity contribution is -0.384. The first-order chi connectivity index (χ1) is 11.4. The first-order valence-corrected chi connectivity index (χ1v) is 6.98. The number of pyridine rings is 1. The lowest BCUT2D eigenvalue weighted by Crippen LogP contribution is -2.28. The van der Waals surface area contributed by atoms with Gasteiger partial charge < -0.3 is 15.5 Å². The molecule has 3 N–H and O–H groups in total. The summed E-state index contributed by atoms with van der Waals surface area (Å²) in [5.41, 5.74) is 6.48. The van der Waals surface area contributed by atoms with Gasteiger partial charge in [-0.2, -0.15) is 5.26 Å². The van der Waals surface area contributed by atoms with Gasteiger partial charge in [0.15, 0.2) is 0 Å². The van der Waals surface area contributed by atoms with Crippen LogP contribution in [0.2, 0.25) is 0 Å². The molecule has 0 unspecified atom stereocenters. The molecule has 3 rings (SSSR count). The lowest BCUT2D eigenvalue weighted by atomic mass is 9.84. The molecule has 2 aromatic rings. The van der Waals surface area contributed by atoms with E-state index in [9.17, 15) is 20.2 Å². The number of aromatic nitrogens is 1. The number of H-pyrrole nitrogens is 1. The summed E-state index contributed by atoms with van der Waals surface area (Å²) in [7, 11) is 0. The van der Waals surface area contributed by atoms with E-state index in [2.05, 4.69) is 4.98 Å². The second-order valence-electron chi connectivity index (χ2n) is 5.34. The topological polar surface area (TPSA) is 135 Å². The summed E-state index contributed by atoms with van der Waals surface area (Å²) in [5.74, 6) is -0.709. The van der Waals surface area contributed by atoms with Crippen molar-refractivity contribution in [1.29, 1.82) is 5.26 Å². The van der Waals surface area contributed by atoms with Gasteiger partial charge in [-0.25, -0.2) is 0 Å². The number of aromatic amines is 1. The molecule has 1 aromatic heterocycles. The Balaban J connectivity index is 2.30. The monoisotopic (exact) mass is 324 g/mol. The number of non-ortho nitro benzene ring substituents is 1. The molecule has 24 heavy (non-hydrogen) atoms. The number of nitriles is 1. The SMILES string of the molecule is Cc1cc2c(c(=O)[nH]1)[C@@H](c1cccc([N+](=O)[O-])c1)C(C#N)=C(N)O2. The molecule has 0 saturated heterocycles. The maximum atomic E-state index is 12.4. The summed E-state index contributed by atoms with van der Waals surface area (Å²) in [6, 6.07) is 9.30. The first kappa shape index (κ1) is 15.3. The number of rotatable bonds is 2. The Morgan fingerprint density at radius 3 is 2.83 bits per heavy atom. The summed E-state index contributed by atoms with van der Waals surface area (Å²) in [4.78, 5) is 25.5. The van der Waals surface area contributed by atoms with Crippen molar-refractivity contribution in [2.45, 2.75) is 12.8 Å². The molecule has 0 spiro atoms. The van der Waals surface area contributed by atoms with Gasteiger partial charge >= 0.3 is 0 Å². The Hall–Kier alpha value is -3.60. The van der Waals surface area contributed by atoms with E-state index in [1.807, 2.05) is 6.07 Å². The zero-order valence-corrected chi connectivity index (χ0v) is 12.6. The van der Waals surface area contributed by atoms with E-state index in [4.69, 9.17) is 10.5 Å². The third-order valence-electron chi connectivity index (χ3n) is 3.77. The number of hydrogen-bond donors (Lipinski definition) is 2. The molecule has 0 fully saturated rings. The van der Waals surface area contributed by atoms with Crippen molar-refractivity contribution in [3.8, 4) is 11.8 Å². The van der Waals surface area contributed by atoms with Gasteiger partial charge in [-0.1, -0.05) is 12.1 Å². The molecule has 0 aliphatic carbocycles. The van der Waals surface area contributed by atoms with Gasteiger partial charge in [0.2, 0.25) is 5.88 Å². The van der Waals surface area contributed by atoms with Crippen molar-refractivity contribution in [2.24, 2.45) is 5.73 Å². The number of nitro groups is 1. The van der Waals surface area contributed by atoms with Crippen LogP contribution in [-0.2, 0) is 0 Å². The molecule has 0 amide bonds. The minimum absolute atomic E-state index is 0.0392. The average molecular weight is 324 g/mol. The van der Waals surface area contributed by atoms with Gasteiger partial charge in [-0.05, 0) is 12.5 Å². The van der Waals surface area contributed by atoms with Crippen molar-refractivity contribution < 1.29 is 9.66 Å². The van der Waals surface area contributed by atoms with Crippen LogP contribution in [0.15, 0.2) is 46.6 Å². The van der Waals surface area contributed by atoms with E-state index in [-0.39, 0.29) is 28.5 Å². The molecule has 2 heterocycles. The van der Waals surface area contributed by atoms with Gasteiger partial charge in [0.1, 0.15) is 17.4 Å². The van der Waals surface area contributed by atoms with Crippen molar-refractivity contribution in [3.05, 3.63) is 79.1 Å². The molecule has 0 radical (unpaired) electrons. The van der Waals surface area contributed by atoms with Crippen LogP contribution in [0.4, 0.5) is 5.69 Å². The molecule has 1 atom stereocenters. The predicted octanol–water partition coefficient (Wildman–Crippen LogP) is 1.81. The fraction of sp³-hybridized carbons (Fsp3) is 0.125. The fourth-order valence-electron chi connectivity index (χ4n) is 2.76. The van der Waals surface area contributed by atoms with Gasteiger partial charge in [-0.15, -0.1) is 0 Å². The number of nitrogens with one attached hydrogen (secondary N) is 1. The molecule has 1 aliphatic rings. The van der Waals surface area contributed by atoms with Gasteiger partial charge in [0.05, 0.1) is 16.4 Å². The van der Waals surface area contributed by atoms with E-state index in [0.29, 0.717) is 11.3 Å². The molecule has 0 bridgehead atoms. The highest BCUT2D eigenvalue weighted by Gasteiger charge is 2.33. The highest BCUT2D eigenvalue weighted by atomic mass is 16.6. The number of ether oxygens (including phenoxy) is 1. The molecule has 120 valence electrons. The normalized spacial score (nSPS) is 16.1. The average Bonchev–Trinajstić information content (AvgIpc) is 2.53. The fourth-order valence-corrected chi connectivity index (χ4v) is 2.76. The third-order valence-corrected chi connectivity index (χ3v) is 3.77. The van der Waals surface area contributed by atoms with Gasteiger partial charge in [0, 0.05) is 23.9 Å². The summed E-state index contributed by atoms with van der Waals surface area (Å²) in [6.07, 6.45) is 0. The molecule has 8 nitrogen and oxygen atoms in total. The number of aryl methyl sites for hydroxylation is 1. The van der Waals surface area contributed by atoms with Crippen LogP contribution in [0.1, 0.15) is 22.7 Å². The van der Waals surface area contributed by atoms with E-state index in [0.717, 1.165) is 0 Å². The Bertz CT molecular complexity index is 984. The Labute approximate surface area is 135 Å². The quantitative estimate of drug-likeness (QED) is 0.639. The smallest absolute Gasteiger partial charge is 0.269 e. The third kappa shape index (κ3) is 2.38. The summed E-state index contributed by atoms with van der Waals surface area (Å²) >= 11 is 0. The predicted molar refractivity (Wildman–Crippen MR) is 84.2 cm³/mol. The number of nitrogens with two attached hydrogens (primary N) is 1. The lowest BCUT2D eigenvalue weighted by Gasteiger charge is -2.25. The number of nitrogens with zero attached hydrogens (tertiary/aromatic N) is 2. The second kappa shape index (κ2) is 5.55. The van der Waals surface area contributed by atoms with Gasteiger partial charge in [-0.3, -0.25) is 14.9 Å². The van der Waals surface area contributed by atoms with Crippen molar-refractivity contribution in [2.75, 3.05) is 0 Å². The molecular weight excluding hydrogens is 312 g/mol. The highest BCUT2D eigenvalue weighted by Crippen LogP contribution is 2.40. The van der Waals surface area contributed by atoms with Crippen LogP contribution >= 0.6 is 0 Å². The molecule has 1 aliphatic heterocycles. The number of allylic oxidation sites excluding steroid dienone is 1. The number of hydrogen-bond acceptors (Lipinski definition) is 6. The van der Waals surface area contributed by atoms with E-state index in [1.54, 1.807) is 19.1 Å². The van der Waals surface area contributed by atoms with Crippen LogP contribution in [0.25, 0.3) is 0 Å². The van der Waals surface area contributed by atoms with Crippen LogP contribution in [0.5, 0.6) is 5.75 Å². The number of benzene rings is 1.